The van der Waals surface area contributed by atoms with E-state index in [2.05, 4.69) is 10.6 Å². The molecule has 0 spiro atoms. The van der Waals surface area contributed by atoms with Gasteiger partial charge in [0.15, 0.2) is 5.78 Å². The number of Topliss-reactive ketones (excluding diaryl/α,β-unsaturated/α-hetero) is 1. The lowest BCUT2D eigenvalue weighted by Gasteiger charge is -2.20. The second-order valence-electron chi connectivity index (χ2n) is 6.10. The Labute approximate surface area is 173 Å². The fourth-order valence-corrected chi connectivity index (χ4v) is 3.06. The Morgan fingerprint density at radius 1 is 0.893 bits per heavy atom. The Morgan fingerprint density at radius 2 is 1.46 bits per heavy atom. The first kappa shape index (κ1) is 21.9. The van der Waals surface area contributed by atoms with Gasteiger partial charge in [-0.1, -0.05) is 48.3 Å². The predicted molar refractivity (Wildman–Crippen MR) is 112 cm³/mol. The van der Waals surface area contributed by atoms with E-state index in [1.807, 2.05) is 6.92 Å². The number of nitrogens with one attached hydrogen (secondary N) is 2. The summed E-state index contributed by atoms with van der Waals surface area (Å²) in [6, 6.07) is 11.7. The lowest BCUT2D eigenvalue weighted by molar-refractivity contribution is -0.119. The Hall–Kier alpha value is -2.41. The molecule has 0 saturated carbocycles. The highest BCUT2D eigenvalue weighted by Crippen LogP contribution is 2.29. The van der Waals surface area contributed by atoms with Gasteiger partial charge in [0.05, 0.1) is 34.5 Å². The second-order valence-corrected chi connectivity index (χ2v) is 6.91. The third-order valence-electron chi connectivity index (χ3n) is 3.99. The van der Waals surface area contributed by atoms with Crippen LogP contribution in [0.2, 0.25) is 10.0 Å². The highest BCUT2D eigenvalue weighted by atomic mass is 35.5. The number of likely N-dealkylation sites (N-methyl/N-ethyl adjacent to an activating group) is 1. The van der Waals surface area contributed by atoms with Crippen molar-refractivity contribution in [2.75, 3.05) is 30.3 Å². The molecule has 0 fully saturated rings. The van der Waals surface area contributed by atoms with Crippen LogP contribution in [0, 0.1) is 0 Å². The Balaban J connectivity index is 1.97. The van der Waals surface area contributed by atoms with Gasteiger partial charge in [-0.05, 0) is 37.7 Å². The number of benzene rings is 2. The summed E-state index contributed by atoms with van der Waals surface area (Å²) >= 11 is 12.1. The van der Waals surface area contributed by atoms with Crippen molar-refractivity contribution in [1.29, 1.82) is 0 Å². The molecule has 0 heterocycles. The number of anilines is 2. The molecule has 0 atom stereocenters. The predicted octanol–water partition coefficient (Wildman–Crippen LogP) is 4.10. The molecule has 2 N–H and O–H groups in total. The van der Waals surface area contributed by atoms with E-state index in [-0.39, 0.29) is 30.7 Å². The number of halogens is 2. The molecule has 28 heavy (non-hydrogen) atoms. The Kier molecular flexibility index (Phi) is 7.99. The zero-order valence-electron chi connectivity index (χ0n) is 15.6. The van der Waals surface area contributed by atoms with E-state index in [0.29, 0.717) is 33.5 Å². The first-order chi connectivity index (χ1) is 13.3. The third kappa shape index (κ3) is 6.05. The SMILES string of the molecule is CCN(CC(=O)Nc1ccccc1C(C)=O)CC(=O)Nc1c(Cl)cccc1Cl. The number of hydrogen-bond acceptors (Lipinski definition) is 4. The molecule has 2 amide bonds. The van der Waals surface area contributed by atoms with Crippen molar-refractivity contribution in [3.63, 3.8) is 0 Å². The second kappa shape index (κ2) is 10.2. The Bertz CT molecular complexity index is 866. The number of hydrogen-bond donors (Lipinski definition) is 2. The molecule has 0 bridgehead atoms. The number of amides is 2. The molecule has 8 heteroatoms. The van der Waals surface area contributed by atoms with Crippen molar-refractivity contribution in [2.45, 2.75) is 13.8 Å². The van der Waals surface area contributed by atoms with Crippen LogP contribution in [0.25, 0.3) is 0 Å². The molecule has 0 aliphatic heterocycles. The van der Waals surface area contributed by atoms with Gasteiger partial charge in [0, 0.05) is 5.56 Å². The minimum absolute atomic E-state index is 0.00753. The largest absolute Gasteiger partial charge is 0.324 e. The molecule has 2 aromatic rings. The maximum Gasteiger partial charge on any atom is 0.238 e. The summed E-state index contributed by atoms with van der Waals surface area (Å²) in [5.41, 5.74) is 1.22. The molecule has 148 valence electrons. The van der Waals surface area contributed by atoms with Crippen LogP contribution in [0.3, 0.4) is 0 Å². The molecule has 0 unspecified atom stereocenters. The molecule has 0 aliphatic rings. The summed E-state index contributed by atoms with van der Waals surface area (Å²) in [6.45, 7) is 3.73. The summed E-state index contributed by atoms with van der Waals surface area (Å²) in [5.74, 6) is -0.799. The van der Waals surface area contributed by atoms with Crippen LogP contribution in [0.5, 0.6) is 0 Å². The van der Waals surface area contributed by atoms with Crippen LogP contribution in [0.1, 0.15) is 24.2 Å². The monoisotopic (exact) mass is 421 g/mol. The third-order valence-corrected chi connectivity index (χ3v) is 4.62. The van der Waals surface area contributed by atoms with Crippen LogP contribution in [-0.2, 0) is 9.59 Å². The summed E-state index contributed by atoms with van der Waals surface area (Å²) in [6.07, 6.45) is 0. The van der Waals surface area contributed by atoms with Gasteiger partial charge >= 0.3 is 0 Å². The topological polar surface area (TPSA) is 78.5 Å². The lowest BCUT2D eigenvalue weighted by Crippen LogP contribution is -2.38. The maximum atomic E-state index is 12.4. The van der Waals surface area contributed by atoms with Crippen LogP contribution in [-0.4, -0.2) is 42.1 Å². The van der Waals surface area contributed by atoms with Crippen molar-refractivity contribution in [3.8, 4) is 0 Å². The normalized spacial score (nSPS) is 10.6. The molecule has 0 aliphatic carbocycles. The smallest absolute Gasteiger partial charge is 0.238 e. The van der Waals surface area contributed by atoms with E-state index >= 15 is 0 Å². The molecule has 0 aromatic heterocycles. The summed E-state index contributed by atoms with van der Waals surface area (Å²) in [7, 11) is 0. The Morgan fingerprint density at radius 3 is 2.04 bits per heavy atom. The van der Waals surface area contributed by atoms with Gasteiger partial charge < -0.3 is 10.6 Å². The van der Waals surface area contributed by atoms with Crippen molar-refractivity contribution < 1.29 is 14.4 Å². The zero-order chi connectivity index (χ0) is 20.7. The number of nitrogens with zero attached hydrogens (tertiary/aromatic N) is 1. The van der Waals surface area contributed by atoms with Gasteiger partial charge in [0.25, 0.3) is 0 Å². The first-order valence-electron chi connectivity index (χ1n) is 8.67. The molecular formula is C20H21Cl2N3O3. The average Bonchev–Trinajstić information content (AvgIpc) is 2.64. The number of carbonyl (C=O) groups is 3. The van der Waals surface area contributed by atoms with Crippen molar-refractivity contribution >= 4 is 52.2 Å². The van der Waals surface area contributed by atoms with E-state index in [1.165, 1.54) is 6.92 Å². The number of carbonyl (C=O) groups excluding carboxylic acids is 3. The molecule has 0 saturated heterocycles. The number of ketones is 1. The van der Waals surface area contributed by atoms with Crippen LogP contribution < -0.4 is 10.6 Å². The minimum Gasteiger partial charge on any atom is -0.324 e. The molecule has 2 aromatic carbocycles. The quantitative estimate of drug-likeness (QED) is 0.628. The molecule has 0 radical (unpaired) electrons. The van der Waals surface area contributed by atoms with Gasteiger partial charge in [0.2, 0.25) is 11.8 Å². The number of rotatable bonds is 8. The van der Waals surface area contributed by atoms with Crippen LogP contribution >= 0.6 is 23.2 Å². The van der Waals surface area contributed by atoms with Gasteiger partial charge in [-0.2, -0.15) is 0 Å². The van der Waals surface area contributed by atoms with Crippen molar-refractivity contribution in [2.24, 2.45) is 0 Å². The molecular weight excluding hydrogens is 401 g/mol. The van der Waals surface area contributed by atoms with E-state index in [1.54, 1.807) is 47.4 Å². The van der Waals surface area contributed by atoms with Crippen molar-refractivity contribution in [3.05, 3.63) is 58.1 Å². The fourth-order valence-electron chi connectivity index (χ4n) is 2.57. The maximum absolute atomic E-state index is 12.4. The van der Waals surface area contributed by atoms with E-state index in [9.17, 15) is 14.4 Å². The van der Waals surface area contributed by atoms with E-state index in [0.717, 1.165) is 0 Å². The molecule has 6 nitrogen and oxygen atoms in total. The minimum atomic E-state index is -0.339. The molecule has 2 rings (SSSR count). The summed E-state index contributed by atoms with van der Waals surface area (Å²) in [4.78, 5) is 38.0. The van der Waals surface area contributed by atoms with Gasteiger partial charge in [-0.25, -0.2) is 0 Å². The summed E-state index contributed by atoms with van der Waals surface area (Å²) < 4.78 is 0. The van der Waals surface area contributed by atoms with Crippen LogP contribution in [0.4, 0.5) is 11.4 Å². The average molecular weight is 422 g/mol. The summed E-state index contributed by atoms with van der Waals surface area (Å²) in [5, 5.41) is 6.06. The fraction of sp³-hybridized carbons (Fsp3) is 0.250. The standard InChI is InChI=1S/C20H21Cl2N3O3/c1-3-25(12-19(28)24-20-15(21)8-6-9-16(20)22)11-18(27)23-17-10-5-4-7-14(17)13(2)26/h4-10H,3,11-12H2,1-2H3,(H,23,27)(H,24,28). The van der Waals surface area contributed by atoms with Crippen molar-refractivity contribution in [1.82, 2.24) is 4.90 Å². The van der Waals surface area contributed by atoms with Gasteiger partial charge in [0.1, 0.15) is 0 Å². The van der Waals surface area contributed by atoms with Gasteiger partial charge in [-0.15, -0.1) is 0 Å². The zero-order valence-corrected chi connectivity index (χ0v) is 17.1. The van der Waals surface area contributed by atoms with Gasteiger partial charge in [-0.3, -0.25) is 19.3 Å². The van der Waals surface area contributed by atoms with E-state index in [4.69, 9.17) is 23.2 Å². The van der Waals surface area contributed by atoms with E-state index < -0.39 is 0 Å². The lowest BCUT2D eigenvalue weighted by atomic mass is 10.1. The number of para-hydroxylation sites is 2. The highest BCUT2D eigenvalue weighted by molar-refractivity contribution is 6.39. The first-order valence-corrected chi connectivity index (χ1v) is 9.43. The van der Waals surface area contributed by atoms with Crippen LogP contribution in [0.15, 0.2) is 42.5 Å². The highest BCUT2D eigenvalue weighted by Gasteiger charge is 2.16.